The lowest BCUT2D eigenvalue weighted by atomic mass is 10.00. The molecule has 1 aromatic carbocycles. The van der Waals surface area contributed by atoms with E-state index in [0.717, 1.165) is 24.3 Å². The van der Waals surface area contributed by atoms with Crippen LogP contribution in [-0.4, -0.2) is 26.1 Å². The van der Waals surface area contributed by atoms with Crippen LogP contribution in [0.5, 0.6) is 5.75 Å². The van der Waals surface area contributed by atoms with Gasteiger partial charge in [-0.3, -0.25) is 4.79 Å². The van der Waals surface area contributed by atoms with E-state index in [1.165, 1.54) is 24.8 Å². The molecule has 114 valence electrons. The predicted molar refractivity (Wildman–Crippen MR) is 84.3 cm³/mol. The molecule has 1 aliphatic carbocycles. The minimum absolute atomic E-state index is 0.0114. The Balaban J connectivity index is 1.68. The normalized spacial score (nSPS) is 14.4. The van der Waals surface area contributed by atoms with Crippen LogP contribution in [0.4, 0.5) is 0 Å². The molecule has 0 radical (unpaired) electrons. The standard InChI is InChI=1S/C17H24N2O2/c1-21-16-10-6-5-9-15(16)12-19-17(20)13-18-11-14-7-3-2-4-8-14/h5-7,9-10,18H,2-4,8,11-13H2,1H3,(H,19,20). The van der Waals surface area contributed by atoms with Gasteiger partial charge in [0.2, 0.25) is 5.91 Å². The Labute approximate surface area is 126 Å². The number of para-hydroxylation sites is 1. The molecule has 0 aromatic heterocycles. The van der Waals surface area contributed by atoms with Gasteiger partial charge in [-0.1, -0.05) is 29.8 Å². The number of nitrogens with one attached hydrogen (secondary N) is 2. The smallest absolute Gasteiger partial charge is 0.234 e. The molecule has 0 aliphatic heterocycles. The van der Waals surface area contributed by atoms with Crippen molar-refractivity contribution in [1.29, 1.82) is 0 Å². The van der Waals surface area contributed by atoms with Crippen molar-refractivity contribution < 1.29 is 9.53 Å². The molecule has 0 bridgehead atoms. The van der Waals surface area contributed by atoms with Crippen LogP contribution in [0.3, 0.4) is 0 Å². The first kappa shape index (κ1) is 15.6. The van der Waals surface area contributed by atoms with E-state index in [9.17, 15) is 4.79 Å². The summed E-state index contributed by atoms with van der Waals surface area (Å²) in [5.41, 5.74) is 2.42. The molecule has 4 heteroatoms. The highest BCUT2D eigenvalue weighted by molar-refractivity contribution is 5.78. The molecular formula is C17H24N2O2. The number of ether oxygens (including phenoxy) is 1. The number of carbonyl (C=O) groups is 1. The molecule has 1 aliphatic rings. The summed E-state index contributed by atoms with van der Waals surface area (Å²) in [5, 5.41) is 6.12. The van der Waals surface area contributed by atoms with Crippen molar-refractivity contribution in [2.75, 3.05) is 20.2 Å². The minimum Gasteiger partial charge on any atom is -0.496 e. The Morgan fingerprint density at radius 3 is 2.86 bits per heavy atom. The van der Waals surface area contributed by atoms with E-state index in [4.69, 9.17) is 4.74 Å². The van der Waals surface area contributed by atoms with E-state index in [2.05, 4.69) is 16.7 Å². The Hall–Kier alpha value is -1.81. The molecule has 1 amide bonds. The number of allylic oxidation sites excluding steroid dienone is 1. The van der Waals surface area contributed by atoms with E-state index in [0.29, 0.717) is 13.1 Å². The molecule has 1 aromatic rings. The summed E-state index contributed by atoms with van der Waals surface area (Å²) in [6.45, 7) is 1.67. The van der Waals surface area contributed by atoms with Gasteiger partial charge < -0.3 is 15.4 Å². The minimum atomic E-state index is 0.0114. The third kappa shape index (κ3) is 5.23. The zero-order valence-electron chi connectivity index (χ0n) is 12.7. The van der Waals surface area contributed by atoms with E-state index >= 15 is 0 Å². The van der Waals surface area contributed by atoms with Gasteiger partial charge in [-0.15, -0.1) is 0 Å². The average Bonchev–Trinajstić information content (AvgIpc) is 2.54. The summed E-state index contributed by atoms with van der Waals surface area (Å²) in [6, 6.07) is 7.72. The zero-order chi connectivity index (χ0) is 14.9. The molecule has 21 heavy (non-hydrogen) atoms. The number of hydrogen-bond acceptors (Lipinski definition) is 3. The van der Waals surface area contributed by atoms with Crippen LogP contribution >= 0.6 is 0 Å². The second-order valence-electron chi connectivity index (χ2n) is 5.30. The predicted octanol–water partition coefficient (Wildman–Crippen LogP) is 2.40. The lowest BCUT2D eigenvalue weighted by Gasteiger charge is -2.13. The first-order valence-electron chi connectivity index (χ1n) is 7.57. The first-order valence-corrected chi connectivity index (χ1v) is 7.57. The monoisotopic (exact) mass is 288 g/mol. The molecule has 0 heterocycles. The van der Waals surface area contributed by atoms with Gasteiger partial charge in [0, 0.05) is 18.7 Å². The quantitative estimate of drug-likeness (QED) is 0.758. The molecule has 2 rings (SSSR count). The molecule has 0 spiro atoms. The molecule has 0 saturated heterocycles. The van der Waals surface area contributed by atoms with Crippen LogP contribution in [0.15, 0.2) is 35.9 Å². The molecule has 0 saturated carbocycles. The van der Waals surface area contributed by atoms with Crippen molar-refractivity contribution in [2.24, 2.45) is 0 Å². The van der Waals surface area contributed by atoms with Crippen molar-refractivity contribution in [3.8, 4) is 5.75 Å². The highest BCUT2D eigenvalue weighted by Gasteiger charge is 2.06. The van der Waals surface area contributed by atoms with Crippen molar-refractivity contribution in [1.82, 2.24) is 10.6 Å². The van der Waals surface area contributed by atoms with Crippen LogP contribution in [0.2, 0.25) is 0 Å². The summed E-state index contributed by atoms with van der Waals surface area (Å²) >= 11 is 0. The topological polar surface area (TPSA) is 50.4 Å². The molecule has 0 unspecified atom stereocenters. The van der Waals surface area contributed by atoms with Crippen LogP contribution in [-0.2, 0) is 11.3 Å². The fraction of sp³-hybridized carbons (Fsp3) is 0.471. The number of methoxy groups -OCH3 is 1. The third-order valence-electron chi connectivity index (χ3n) is 3.69. The summed E-state index contributed by atoms with van der Waals surface area (Å²) in [5.74, 6) is 0.815. The van der Waals surface area contributed by atoms with Crippen LogP contribution in [0.1, 0.15) is 31.2 Å². The van der Waals surface area contributed by atoms with Crippen LogP contribution in [0.25, 0.3) is 0 Å². The second-order valence-corrected chi connectivity index (χ2v) is 5.30. The fourth-order valence-corrected chi connectivity index (χ4v) is 2.51. The van der Waals surface area contributed by atoms with Crippen molar-refractivity contribution >= 4 is 5.91 Å². The van der Waals surface area contributed by atoms with Gasteiger partial charge in [0.25, 0.3) is 0 Å². The average molecular weight is 288 g/mol. The van der Waals surface area contributed by atoms with Crippen molar-refractivity contribution in [3.63, 3.8) is 0 Å². The van der Waals surface area contributed by atoms with Gasteiger partial charge in [-0.05, 0) is 31.7 Å². The number of amides is 1. The number of benzene rings is 1. The first-order chi connectivity index (χ1) is 10.3. The lowest BCUT2D eigenvalue weighted by Crippen LogP contribution is -2.34. The van der Waals surface area contributed by atoms with E-state index < -0.39 is 0 Å². The molecular weight excluding hydrogens is 264 g/mol. The van der Waals surface area contributed by atoms with Crippen molar-refractivity contribution in [3.05, 3.63) is 41.5 Å². The van der Waals surface area contributed by atoms with Gasteiger partial charge in [-0.25, -0.2) is 0 Å². The summed E-state index contributed by atoms with van der Waals surface area (Å²) < 4.78 is 5.26. The largest absolute Gasteiger partial charge is 0.496 e. The molecule has 2 N–H and O–H groups in total. The summed E-state index contributed by atoms with van der Waals surface area (Å²) in [4.78, 5) is 11.8. The van der Waals surface area contributed by atoms with Crippen LogP contribution in [0, 0.1) is 0 Å². The Kier molecular flexibility index (Phi) is 6.28. The van der Waals surface area contributed by atoms with Gasteiger partial charge in [-0.2, -0.15) is 0 Å². The third-order valence-corrected chi connectivity index (χ3v) is 3.69. The fourth-order valence-electron chi connectivity index (χ4n) is 2.51. The SMILES string of the molecule is COc1ccccc1CNC(=O)CNCC1=CCCCC1. The second kappa shape index (κ2) is 8.47. The molecule has 4 nitrogen and oxygen atoms in total. The van der Waals surface area contributed by atoms with E-state index in [1.54, 1.807) is 7.11 Å². The summed E-state index contributed by atoms with van der Waals surface area (Å²) in [7, 11) is 1.64. The van der Waals surface area contributed by atoms with Gasteiger partial charge in [0.15, 0.2) is 0 Å². The maximum atomic E-state index is 11.8. The number of rotatable bonds is 7. The summed E-state index contributed by atoms with van der Waals surface area (Å²) in [6.07, 6.45) is 7.20. The Morgan fingerprint density at radius 2 is 2.10 bits per heavy atom. The highest BCUT2D eigenvalue weighted by Crippen LogP contribution is 2.17. The van der Waals surface area contributed by atoms with Gasteiger partial charge >= 0.3 is 0 Å². The molecule has 0 atom stereocenters. The van der Waals surface area contributed by atoms with Gasteiger partial charge in [0.1, 0.15) is 5.75 Å². The maximum absolute atomic E-state index is 11.8. The van der Waals surface area contributed by atoms with Gasteiger partial charge in [0.05, 0.1) is 13.7 Å². The zero-order valence-corrected chi connectivity index (χ0v) is 12.7. The number of hydrogen-bond donors (Lipinski definition) is 2. The maximum Gasteiger partial charge on any atom is 0.234 e. The highest BCUT2D eigenvalue weighted by atomic mass is 16.5. The van der Waals surface area contributed by atoms with Crippen LogP contribution < -0.4 is 15.4 Å². The number of carbonyl (C=O) groups excluding carboxylic acids is 1. The lowest BCUT2D eigenvalue weighted by molar-refractivity contribution is -0.120. The Morgan fingerprint density at radius 1 is 1.24 bits per heavy atom. The Bertz CT molecular complexity index is 497. The van der Waals surface area contributed by atoms with Crippen molar-refractivity contribution in [2.45, 2.75) is 32.2 Å². The van der Waals surface area contributed by atoms with E-state index in [1.807, 2.05) is 24.3 Å². The molecule has 0 fully saturated rings. The van der Waals surface area contributed by atoms with E-state index in [-0.39, 0.29) is 5.91 Å².